The average molecular weight is 369 g/mol. The molecule has 0 unspecified atom stereocenters. The number of hydrogen-bond acceptors (Lipinski definition) is 3. The van der Waals surface area contributed by atoms with Gasteiger partial charge in [0.1, 0.15) is 6.04 Å². The number of para-hydroxylation sites is 1. The van der Waals surface area contributed by atoms with Crippen LogP contribution in [0, 0.1) is 0 Å². The summed E-state index contributed by atoms with van der Waals surface area (Å²) in [4.78, 5) is 29.2. The molecule has 0 radical (unpaired) electrons. The van der Waals surface area contributed by atoms with E-state index in [1.807, 2.05) is 60.7 Å². The highest BCUT2D eigenvalue weighted by atomic mass is 16.2. The molecule has 5 heteroatoms. The summed E-state index contributed by atoms with van der Waals surface area (Å²) in [5.74, 6) is -0.942. The van der Waals surface area contributed by atoms with Crippen LogP contribution in [0.5, 0.6) is 0 Å². The maximum absolute atomic E-state index is 12.9. The van der Waals surface area contributed by atoms with Crippen molar-refractivity contribution in [2.75, 3.05) is 0 Å². The zero-order valence-electron chi connectivity index (χ0n) is 15.1. The molecule has 2 amide bonds. The Bertz CT molecular complexity index is 1180. The smallest absolute Gasteiger partial charge is 0.254 e. The highest BCUT2D eigenvalue weighted by molar-refractivity contribution is 6.06. The number of fused-ring (bicyclic) bond motifs is 2. The quantitative estimate of drug-likeness (QED) is 0.566. The largest absolute Gasteiger partial charge is 0.368 e. The monoisotopic (exact) mass is 369 g/mol. The van der Waals surface area contributed by atoms with E-state index in [4.69, 9.17) is 5.73 Å². The molecule has 28 heavy (non-hydrogen) atoms. The topological polar surface area (TPSA) is 85.1 Å². The summed E-state index contributed by atoms with van der Waals surface area (Å²) in [5.41, 5.74) is 7.57. The predicted molar refractivity (Wildman–Crippen MR) is 110 cm³/mol. The predicted octanol–water partition coefficient (Wildman–Crippen LogP) is 3.21. The van der Waals surface area contributed by atoms with Gasteiger partial charge in [0.15, 0.2) is 0 Å². The first-order valence-electron chi connectivity index (χ1n) is 9.04. The number of pyridine rings is 1. The van der Waals surface area contributed by atoms with Gasteiger partial charge in [-0.25, -0.2) is 0 Å². The van der Waals surface area contributed by atoms with E-state index < -0.39 is 11.9 Å². The molecule has 0 spiro atoms. The van der Waals surface area contributed by atoms with E-state index in [1.54, 1.807) is 18.3 Å². The van der Waals surface area contributed by atoms with Gasteiger partial charge in [0.2, 0.25) is 5.91 Å². The van der Waals surface area contributed by atoms with Crippen LogP contribution in [0.1, 0.15) is 15.9 Å². The Morgan fingerprint density at radius 1 is 0.893 bits per heavy atom. The third kappa shape index (κ3) is 3.42. The van der Waals surface area contributed by atoms with Crippen molar-refractivity contribution in [2.45, 2.75) is 12.5 Å². The number of carbonyl (C=O) groups excluding carboxylic acids is 2. The van der Waals surface area contributed by atoms with Crippen molar-refractivity contribution < 1.29 is 9.59 Å². The summed E-state index contributed by atoms with van der Waals surface area (Å²) in [6.07, 6.45) is 1.96. The molecule has 0 bridgehead atoms. The Balaban J connectivity index is 1.63. The summed E-state index contributed by atoms with van der Waals surface area (Å²) in [6, 6.07) is 22.1. The summed E-state index contributed by atoms with van der Waals surface area (Å²) >= 11 is 0. The van der Waals surface area contributed by atoms with Crippen molar-refractivity contribution in [3.63, 3.8) is 0 Å². The van der Waals surface area contributed by atoms with Crippen LogP contribution >= 0.6 is 0 Å². The number of benzene rings is 3. The Labute approximate surface area is 162 Å². The second-order valence-corrected chi connectivity index (χ2v) is 6.65. The number of primary amides is 1. The minimum absolute atomic E-state index is 0.320. The van der Waals surface area contributed by atoms with Gasteiger partial charge in [-0.15, -0.1) is 0 Å². The van der Waals surface area contributed by atoms with Crippen LogP contribution < -0.4 is 11.1 Å². The van der Waals surface area contributed by atoms with Crippen LogP contribution in [0.4, 0.5) is 0 Å². The van der Waals surface area contributed by atoms with Gasteiger partial charge in [-0.05, 0) is 28.5 Å². The molecule has 0 aliphatic heterocycles. The van der Waals surface area contributed by atoms with Crippen LogP contribution in [0.2, 0.25) is 0 Å². The van der Waals surface area contributed by atoms with Crippen molar-refractivity contribution >= 4 is 33.5 Å². The third-order valence-corrected chi connectivity index (χ3v) is 4.83. The molecule has 4 aromatic rings. The Hall–Kier alpha value is -3.73. The number of amides is 2. The molecular weight excluding hydrogens is 350 g/mol. The summed E-state index contributed by atoms with van der Waals surface area (Å²) in [7, 11) is 0. The SMILES string of the molecule is NC(=O)[C@H](Cc1cccc2ccccc12)NC(=O)c1cccc2cccnc12. The molecule has 1 heterocycles. The van der Waals surface area contributed by atoms with Gasteiger partial charge in [0.25, 0.3) is 5.91 Å². The fourth-order valence-corrected chi connectivity index (χ4v) is 3.44. The van der Waals surface area contributed by atoms with E-state index in [1.165, 1.54) is 0 Å². The van der Waals surface area contributed by atoms with Crippen molar-refractivity contribution in [1.29, 1.82) is 0 Å². The van der Waals surface area contributed by atoms with E-state index in [0.29, 0.717) is 17.5 Å². The number of nitrogens with zero attached hydrogens (tertiary/aromatic N) is 1. The second kappa shape index (κ2) is 7.48. The molecule has 3 N–H and O–H groups in total. The number of nitrogens with two attached hydrogens (primary N) is 1. The normalized spacial score (nSPS) is 12.0. The fourth-order valence-electron chi connectivity index (χ4n) is 3.44. The molecule has 0 aliphatic carbocycles. The molecule has 5 nitrogen and oxygen atoms in total. The van der Waals surface area contributed by atoms with Gasteiger partial charge >= 0.3 is 0 Å². The van der Waals surface area contributed by atoms with E-state index in [2.05, 4.69) is 10.3 Å². The summed E-state index contributed by atoms with van der Waals surface area (Å²) in [6.45, 7) is 0. The van der Waals surface area contributed by atoms with Crippen molar-refractivity contribution in [3.8, 4) is 0 Å². The molecule has 3 aromatic carbocycles. The van der Waals surface area contributed by atoms with Gasteiger partial charge in [-0.3, -0.25) is 14.6 Å². The second-order valence-electron chi connectivity index (χ2n) is 6.65. The van der Waals surface area contributed by atoms with Gasteiger partial charge in [0, 0.05) is 18.0 Å². The minimum atomic E-state index is -0.822. The van der Waals surface area contributed by atoms with Gasteiger partial charge in [-0.1, -0.05) is 60.7 Å². The van der Waals surface area contributed by atoms with Crippen LogP contribution in [-0.4, -0.2) is 22.8 Å². The molecule has 1 atom stereocenters. The summed E-state index contributed by atoms with van der Waals surface area (Å²) in [5, 5.41) is 5.76. The van der Waals surface area contributed by atoms with Crippen molar-refractivity contribution in [1.82, 2.24) is 10.3 Å². The molecule has 0 saturated heterocycles. The average Bonchev–Trinajstić information content (AvgIpc) is 2.73. The Kier molecular flexibility index (Phi) is 4.72. The molecule has 0 saturated carbocycles. The Morgan fingerprint density at radius 2 is 1.61 bits per heavy atom. The first kappa shape index (κ1) is 17.7. The van der Waals surface area contributed by atoms with E-state index in [9.17, 15) is 9.59 Å². The molecule has 0 fully saturated rings. The Morgan fingerprint density at radius 3 is 2.46 bits per heavy atom. The molecule has 0 aliphatic rings. The van der Waals surface area contributed by atoms with Gasteiger partial charge < -0.3 is 11.1 Å². The van der Waals surface area contributed by atoms with Crippen LogP contribution in [0.25, 0.3) is 21.7 Å². The van der Waals surface area contributed by atoms with Crippen LogP contribution in [-0.2, 0) is 11.2 Å². The van der Waals surface area contributed by atoms with Crippen LogP contribution in [0.15, 0.2) is 79.0 Å². The fraction of sp³-hybridized carbons (Fsp3) is 0.0870. The number of hydrogen-bond donors (Lipinski definition) is 2. The number of nitrogens with one attached hydrogen (secondary N) is 1. The number of carbonyl (C=O) groups is 2. The van der Waals surface area contributed by atoms with Gasteiger partial charge in [-0.2, -0.15) is 0 Å². The number of rotatable bonds is 5. The van der Waals surface area contributed by atoms with E-state index in [0.717, 1.165) is 21.7 Å². The van der Waals surface area contributed by atoms with E-state index in [-0.39, 0.29) is 5.91 Å². The third-order valence-electron chi connectivity index (χ3n) is 4.83. The van der Waals surface area contributed by atoms with Gasteiger partial charge in [0.05, 0.1) is 11.1 Å². The standard InChI is InChI=1S/C23H19N3O2/c24-22(27)20(14-17-9-3-7-15-6-1-2-11-18(15)17)26-23(28)19-12-4-8-16-10-5-13-25-21(16)19/h1-13,20H,14H2,(H2,24,27)(H,26,28)/t20-/m0/s1. The lowest BCUT2D eigenvalue weighted by atomic mass is 9.98. The molecular formula is C23H19N3O2. The molecule has 1 aromatic heterocycles. The maximum Gasteiger partial charge on any atom is 0.254 e. The van der Waals surface area contributed by atoms with E-state index >= 15 is 0 Å². The first-order chi connectivity index (χ1) is 13.6. The lowest BCUT2D eigenvalue weighted by Crippen LogP contribution is -2.46. The zero-order valence-corrected chi connectivity index (χ0v) is 15.1. The zero-order chi connectivity index (χ0) is 19.5. The molecule has 4 rings (SSSR count). The number of aromatic nitrogens is 1. The maximum atomic E-state index is 12.9. The van der Waals surface area contributed by atoms with Crippen LogP contribution in [0.3, 0.4) is 0 Å². The van der Waals surface area contributed by atoms with Crippen molar-refractivity contribution in [2.24, 2.45) is 5.73 Å². The molecule has 138 valence electrons. The summed E-state index contributed by atoms with van der Waals surface area (Å²) < 4.78 is 0. The first-order valence-corrected chi connectivity index (χ1v) is 9.04. The lowest BCUT2D eigenvalue weighted by molar-refractivity contribution is -0.119. The highest BCUT2D eigenvalue weighted by Gasteiger charge is 2.21. The highest BCUT2D eigenvalue weighted by Crippen LogP contribution is 2.20. The van der Waals surface area contributed by atoms with Crippen molar-refractivity contribution in [3.05, 3.63) is 90.1 Å². The minimum Gasteiger partial charge on any atom is -0.368 e. The lowest BCUT2D eigenvalue weighted by Gasteiger charge is -2.17.